The first-order valence-electron chi connectivity index (χ1n) is 6.82. The van der Waals surface area contributed by atoms with Gasteiger partial charge in [-0.15, -0.1) is 0 Å². The smallest absolute Gasteiger partial charge is 0.367 e. The second kappa shape index (κ2) is 6.07. The number of hydrazine groups is 1. The summed E-state index contributed by atoms with van der Waals surface area (Å²) in [5.41, 5.74) is 1.40. The zero-order valence-electron chi connectivity index (χ0n) is 12.0. The molecule has 2 heterocycles. The SMILES string of the molecule is CC1CC(Nc2cc(C(F)(F)F)cc(NN)n2)CCN1C. The molecule has 0 saturated carbocycles. The van der Waals surface area contributed by atoms with Gasteiger partial charge in [-0.1, -0.05) is 0 Å². The van der Waals surface area contributed by atoms with Gasteiger partial charge >= 0.3 is 6.18 Å². The summed E-state index contributed by atoms with van der Waals surface area (Å²) in [5, 5.41) is 3.09. The Labute approximate surface area is 121 Å². The first kappa shape index (κ1) is 15.8. The molecule has 21 heavy (non-hydrogen) atoms. The van der Waals surface area contributed by atoms with Crippen molar-refractivity contribution in [2.75, 3.05) is 24.3 Å². The normalized spacial score (nSPS) is 23.9. The summed E-state index contributed by atoms with van der Waals surface area (Å²) in [7, 11) is 2.04. The quantitative estimate of drug-likeness (QED) is 0.590. The molecule has 1 saturated heterocycles. The van der Waals surface area contributed by atoms with Crippen LogP contribution >= 0.6 is 0 Å². The van der Waals surface area contributed by atoms with Crippen molar-refractivity contribution in [2.45, 2.75) is 38.0 Å². The second-order valence-corrected chi connectivity index (χ2v) is 5.46. The van der Waals surface area contributed by atoms with E-state index >= 15 is 0 Å². The van der Waals surface area contributed by atoms with Gasteiger partial charge in [-0.3, -0.25) is 0 Å². The molecule has 1 aliphatic rings. The first-order valence-corrected chi connectivity index (χ1v) is 6.82. The standard InChI is InChI=1S/C13H20F3N5/c1-8-5-10(3-4-21(8)2)18-11-6-9(13(14,15)16)7-12(19-11)20-17/h6-8,10H,3-5,17H2,1-2H3,(H2,18,19,20). The molecule has 1 aromatic heterocycles. The maximum Gasteiger partial charge on any atom is 0.416 e. The van der Waals surface area contributed by atoms with Gasteiger partial charge in [0.1, 0.15) is 11.6 Å². The number of hydrogen-bond donors (Lipinski definition) is 3. The molecule has 8 heteroatoms. The van der Waals surface area contributed by atoms with E-state index in [2.05, 4.69) is 27.6 Å². The molecule has 2 rings (SSSR count). The van der Waals surface area contributed by atoms with Crippen molar-refractivity contribution >= 4 is 11.6 Å². The Hall–Kier alpha value is -1.54. The van der Waals surface area contributed by atoms with Crippen LogP contribution in [0.25, 0.3) is 0 Å². The summed E-state index contributed by atoms with van der Waals surface area (Å²) in [6.45, 7) is 3.00. The molecular weight excluding hydrogens is 283 g/mol. The number of nitrogens with one attached hydrogen (secondary N) is 2. The average molecular weight is 303 g/mol. The number of rotatable bonds is 3. The van der Waals surface area contributed by atoms with Crippen LogP contribution in [0.3, 0.4) is 0 Å². The number of piperidine rings is 1. The van der Waals surface area contributed by atoms with Crippen molar-refractivity contribution in [3.63, 3.8) is 0 Å². The number of halogens is 3. The Morgan fingerprint density at radius 1 is 1.33 bits per heavy atom. The molecule has 1 aliphatic heterocycles. The van der Waals surface area contributed by atoms with Gasteiger partial charge in [0.15, 0.2) is 0 Å². The van der Waals surface area contributed by atoms with Crippen LogP contribution in [0.2, 0.25) is 0 Å². The molecular formula is C13H20F3N5. The molecule has 2 unspecified atom stereocenters. The lowest BCUT2D eigenvalue weighted by atomic mass is 9.99. The van der Waals surface area contributed by atoms with Crippen LogP contribution in [0.1, 0.15) is 25.3 Å². The van der Waals surface area contributed by atoms with Gasteiger partial charge in [0.2, 0.25) is 0 Å². The van der Waals surface area contributed by atoms with E-state index in [4.69, 9.17) is 5.84 Å². The van der Waals surface area contributed by atoms with E-state index in [0.717, 1.165) is 31.5 Å². The third-order valence-electron chi connectivity index (χ3n) is 3.86. The highest BCUT2D eigenvalue weighted by Gasteiger charge is 2.32. The van der Waals surface area contributed by atoms with Gasteiger partial charge in [-0.25, -0.2) is 10.8 Å². The largest absolute Gasteiger partial charge is 0.416 e. The van der Waals surface area contributed by atoms with E-state index in [9.17, 15) is 13.2 Å². The van der Waals surface area contributed by atoms with Crippen LogP contribution in [-0.4, -0.2) is 35.6 Å². The highest BCUT2D eigenvalue weighted by atomic mass is 19.4. The maximum atomic E-state index is 12.8. The van der Waals surface area contributed by atoms with E-state index in [0.29, 0.717) is 6.04 Å². The Balaban J connectivity index is 2.16. The van der Waals surface area contributed by atoms with Gasteiger partial charge in [0, 0.05) is 18.6 Å². The number of nitrogen functional groups attached to an aromatic ring is 1. The predicted molar refractivity (Wildman–Crippen MR) is 75.8 cm³/mol. The zero-order valence-corrected chi connectivity index (χ0v) is 12.0. The number of likely N-dealkylation sites (tertiary alicyclic amines) is 1. The van der Waals surface area contributed by atoms with Crippen molar-refractivity contribution in [3.05, 3.63) is 17.7 Å². The highest BCUT2D eigenvalue weighted by molar-refractivity contribution is 5.49. The fourth-order valence-corrected chi connectivity index (χ4v) is 2.47. The fraction of sp³-hybridized carbons (Fsp3) is 0.615. The molecule has 5 nitrogen and oxygen atoms in total. The summed E-state index contributed by atoms with van der Waals surface area (Å²) >= 11 is 0. The van der Waals surface area contributed by atoms with Crippen molar-refractivity contribution in [3.8, 4) is 0 Å². The van der Waals surface area contributed by atoms with Gasteiger partial charge in [0.05, 0.1) is 5.56 Å². The summed E-state index contributed by atoms with van der Waals surface area (Å²) < 4.78 is 38.5. The van der Waals surface area contributed by atoms with Crippen molar-refractivity contribution < 1.29 is 13.2 Å². The summed E-state index contributed by atoms with van der Waals surface area (Å²) in [6, 6.07) is 2.40. The molecule has 0 aromatic carbocycles. The zero-order chi connectivity index (χ0) is 15.6. The Morgan fingerprint density at radius 3 is 2.57 bits per heavy atom. The maximum absolute atomic E-state index is 12.8. The number of pyridine rings is 1. The number of alkyl halides is 3. The number of aromatic nitrogens is 1. The second-order valence-electron chi connectivity index (χ2n) is 5.46. The van der Waals surface area contributed by atoms with E-state index < -0.39 is 11.7 Å². The summed E-state index contributed by atoms with van der Waals surface area (Å²) in [4.78, 5) is 6.27. The molecule has 118 valence electrons. The Kier molecular flexibility index (Phi) is 4.58. The van der Waals surface area contributed by atoms with Crippen LogP contribution in [-0.2, 0) is 6.18 Å². The third kappa shape index (κ3) is 3.98. The molecule has 1 fully saturated rings. The monoisotopic (exact) mass is 303 g/mol. The summed E-state index contributed by atoms with van der Waals surface area (Å²) in [6.07, 6.45) is -2.70. The number of nitrogens with zero attached hydrogens (tertiary/aromatic N) is 2. The van der Waals surface area contributed by atoms with Gasteiger partial charge in [-0.05, 0) is 38.9 Å². The minimum atomic E-state index is -4.43. The number of hydrogen-bond acceptors (Lipinski definition) is 5. The van der Waals surface area contributed by atoms with Crippen LogP contribution < -0.4 is 16.6 Å². The Morgan fingerprint density at radius 2 is 2.00 bits per heavy atom. The van der Waals surface area contributed by atoms with E-state index in [1.807, 2.05) is 7.05 Å². The van der Waals surface area contributed by atoms with Gasteiger partial charge in [-0.2, -0.15) is 13.2 Å². The molecule has 0 aliphatic carbocycles. The van der Waals surface area contributed by atoms with Crippen LogP contribution in [0.15, 0.2) is 12.1 Å². The molecule has 2 atom stereocenters. The van der Waals surface area contributed by atoms with Crippen LogP contribution in [0.5, 0.6) is 0 Å². The van der Waals surface area contributed by atoms with Crippen molar-refractivity contribution in [1.29, 1.82) is 0 Å². The topological polar surface area (TPSA) is 66.2 Å². The minimum absolute atomic E-state index is 0.00620. The van der Waals surface area contributed by atoms with Gasteiger partial charge in [0.25, 0.3) is 0 Å². The van der Waals surface area contributed by atoms with E-state index in [1.54, 1.807) is 0 Å². The van der Waals surface area contributed by atoms with Gasteiger partial charge < -0.3 is 15.6 Å². The lowest BCUT2D eigenvalue weighted by Gasteiger charge is -2.35. The molecule has 0 amide bonds. The van der Waals surface area contributed by atoms with Crippen LogP contribution in [0, 0.1) is 0 Å². The third-order valence-corrected chi connectivity index (χ3v) is 3.86. The minimum Gasteiger partial charge on any atom is -0.367 e. The predicted octanol–water partition coefficient (Wildman–Crippen LogP) is 2.28. The van der Waals surface area contributed by atoms with Crippen molar-refractivity contribution in [1.82, 2.24) is 9.88 Å². The number of nitrogens with two attached hydrogens (primary N) is 1. The lowest BCUT2D eigenvalue weighted by Crippen LogP contribution is -2.42. The average Bonchev–Trinajstić information content (AvgIpc) is 2.41. The van der Waals surface area contributed by atoms with Crippen molar-refractivity contribution in [2.24, 2.45) is 5.84 Å². The Bertz CT molecular complexity index is 491. The molecule has 0 radical (unpaired) electrons. The molecule has 4 N–H and O–H groups in total. The molecule has 0 bridgehead atoms. The molecule has 1 aromatic rings. The van der Waals surface area contributed by atoms with E-state index in [1.165, 1.54) is 0 Å². The molecule has 0 spiro atoms. The van der Waals surface area contributed by atoms with E-state index in [-0.39, 0.29) is 17.7 Å². The highest BCUT2D eigenvalue weighted by Crippen LogP contribution is 2.32. The summed E-state index contributed by atoms with van der Waals surface area (Å²) in [5.74, 6) is 5.38. The number of anilines is 2. The lowest BCUT2D eigenvalue weighted by molar-refractivity contribution is -0.137. The van der Waals surface area contributed by atoms with Crippen LogP contribution in [0.4, 0.5) is 24.8 Å². The first-order chi connectivity index (χ1) is 9.79. The fourth-order valence-electron chi connectivity index (χ4n) is 2.47.